The molecular formula is C11H22O6. The van der Waals surface area contributed by atoms with Crippen molar-refractivity contribution in [3.05, 3.63) is 0 Å². The molecule has 0 fully saturated rings. The van der Waals surface area contributed by atoms with Gasteiger partial charge in [-0.3, -0.25) is 9.59 Å². The van der Waals surface area contributed by atoms with Crippen LogP contribution < -0.4 is 0 Å². The highest BCUT2D eigenvalue weighted by Crippen LogP contribution is 1.96. The van der Waals surface area contributed by atoms with E-state index >= 15 is 0 Å². The van der Waals surface area contributed by atoms with Gasteiger partial charge in [-0.05, 0) is 6.92 Å². The third kappa shape index (κ3) is 14.9. The maximum absolute atomic E-state index is 10.8. The van der Waals surface area contributed by atoms with E-state index in [0.29, 0.717) is 12.8 Å². The van der Waals surface area contributed by atoms with Crippen molar-refractivity contribution in [1.82, 2.24) is 0 Å². The van der Waals surface area contributed by atoms with Crippen molar-refractivity contribution < 1.29 is 29.3 Å². The lowest BCUT2D eigenvalue weighted by atomic mass is 10.4. The second kappa shape index (κ2) is 12.9. The molecule has 6 nitrogen and oxygen atoms in total. The average Bonchev–Trinajstić information content (AvgIpc) is 2.35. The summed E-state index contributed by atoms with van der Waals surface area (Å²) < 4.78 is 9.66. The third-order valence-electron chi connectivity index (χ3n) is 1.49. The molecule has 0 rings (SSSR count). The summed E-state index contributed by atoms with van der Waals surface area (Å²) in [4.78, 5) is 21.5. The summed E-state index contributed by atoms with van der Waals surface area (Å²) in [6.07, 6.45) is 0.323. The topological polar surface area (TPSA) is 93.1 Å². The Hall–Kier alpha value is -1.14. The van der Waals surface area contributed by atoms with Crippen LogP contribution in [0, 0.1) is 0 Å². The van der Waals surface area contributed by atoms with Gasteiger partial charge in [0.25, 0.3) is 0 Å². The summed E-state index contributed by atoms with van der Waals surface area (Å²) in [6.45, 7) is 5.01. The molecule has 0 aliphatic rings. The highest BCUT2D eigenvalue weighted by molar-refractivity contribution is 5.69. The van der Waals surface area contributed by atoms with E-state index in [-0.39, 0.29) is 37.9 Å². The van der Waals surface area contributed by atoms with Crippen molar-refractivity contribution in [1.29, 1.82) is 0 Å². The number of hydrogen-bond donors (Lipinski definition) is 2. The van der Waals surface area contributed by atoms with Crippen LogP contribution in [0.3, 0.4) is 0 Å². The molecule has 0 radical (unpaired) electrons. The van der Waals surface area contributed by atoms with Crippen molar-refractivity contribution in [3.8, 4) is 0 Å². The highest BCUT2D eigenvalue weighted by atomic mass is 16.6. The summed E-state index contributed by atoms with van der Waals surface area (Å²) in [6, 6.07) is 0. The fourth-order valence-electron chi connectivity index (χ4n) is 0.654. The molecule has 1 atom stereocenters. The SMILES string of the molecule is CCC(=O)OCC(C)OC(=O)CC.OCCO. The van der Waals surface area contributed by atoms with Gasteiger partial charge in [0.2, 0.25) is 0 Å². The quantitative estimate of drug-likeness (QED) is 0.656. The van der Waals surface area contributed by atoms with Crippen molar-refractivity contribution in [2.24, 2.45) is 0 Å². The molecule has 102 valence electrons. The number of aliphatic hydroxyl groups is 2. The maximum atomic E-state index is 10.8. The van der Waals surface area contributed by atoms with E-state index in [2.05, 4.69) is 0 Å². The zero-order valence-corrected chi connectivity index (χ0v) is 10.6. The van der Waals surface area contributed by atoms with Gasteiger partial charge in [-0.25, -0.2) is 0 Å². The number of carbonyl (C=O) groups excluding carboxylic acids is 2. The first kappa shape index (κ1) is 18.2. The zero-order valence-electron chi connectivity index (χ0n) is 10.6. The Labute approximate surface area is 102 Å². The van der Waals surface area contributed by atoms with Gasteiger partial charge >= 0.3 is 11.9 Å². The van der Waals surface area contributed by atoms with Gasteiger partial charge in [-0.1, -0.05) is 13.8 Å². The van der Waals surface area contributed by atoms with E-state index in [0.717, 1.165) is 0 Å². The Bertz CT molecular complexity index is 202. The number of carbonyl (C=O) groups is 2. The average molecular weight is 250 g/mol. The fourth-order valence-corrected chi connectivity index (χ4v) is 0.654. The van der Waals surface area contributed by atoms with Crippen LogP contribution in [0.15, 0.2) is 0 Å². The second-order valence-electron chi connectivity index (χ2n) is 3.14. The molecule has 0 saturated carbocycles. The van der Waals surface area contributed by atoms with E-state index < -0.39 is 0 Å². The molecule has 0 aliphatic carbocycles. The molecule has 0 aliphatic heterocycles. The molecule has 0 amide bonds. The monoisotopic (exact) mass is 250 g/mol. The van der Waals surface area contributed by atoms with Crippen LogP contribution in [0.1, 0.15) is 33.6 Å². The van der Waals surface area contributed by atoms with Crippen LogP contribution in [0.4, 0.5) is 0 Å². The lowest BCUT2D eigenvalue weighted by Crippen LogP contribution is -2.21. The van der Waals surface area contributed by atoms with Gasteiger partial charge in [0.05, 0.1) is 13.2 Å². The predicted molar refractivity (Wildman–Crippen MR) is 61.3 cm³/mol. The Morgan fingerprint density at radius 2 is 1.53 bits per heavy atom. The van der Waals surface area contributed by atoms with Gasteiger partial charge in [-0.2, -0.15) is 0 Å². The molecule has 2 N–H and O–H groups in total. The van der Waals surface area contributed by atoms with Crippen molar-refractivity contribution in [2.75, 3.05) is 19.8 Å². The Morgan fingerprint density at radius 1 is 1.06 bits per heavy atom. The van der Waals surface area contributed by atoms with Crippen molar-refractivity contribution >= 4 is 11.9 Å². The molecule has 0 aromatic rings. The molecule has 6 heteroatoms. The van der Waals surface area contributed by atoms with Crippen LogP contribution in [0.2, 0.25) is 0 Å². The lowest BCUT2D eigenvalue weighted by Gasteiger charge is -2.12. The summed E-state index contributed by atoms with van der Waals surface area (Å²) in [5.74, 6) is -0.556. The maximum Gasteiger partial charge on any atom is 0.305 e. The molecule has 0 bridgehead atoms. The summed E-state index contributed by atoms with van der Waals surface area (Å²) in [5, 5.41) is 15.2. The van der Waals surface area contributed by atoms with Crippen LogP contribution in [0.25, 0.3) is 0 Å². The molecule has 0 heterocycles. The van der Waals surface area contributed by atoms with Gasteiger partial charge in [0, 0.05) is 12.8 Å². The number of hydrogen-bond acceptors (Lipinski definition) is 6. The number of ether oxygens (including phenoxy) is 2. The first-order valence-corrected chi connectivity index (χ1v) is 5.58. The molecule has 0 aromatic heterocycles. The molecule has 0 aromatic carbocycles. The van der Waals surface area contributed by atoms with Gasteiger partial charge in [0.15, 0.2) is 0 Å². The largest absolute Gasteiger partial charge is 0.462 e. The smallest absolute Gasteiger partial charge is 0.305 e. The Morgan fingerprint density at radius 3 is 1.88 bits per heavy atom. The van der Waals surface area contributed by atoms with E-state index in [9.17, 15) is 9.59 Å². The summed E-state index contributed by atoms with van der Waals surface area (Å²) >= 11 is 0. The highest BCUT2D eigenvalue weighted by Gasteiger charge is 2.09. The first-order chi connectivity index (χ1) is 8.01. The van der Waals surface area contributed by atoms with Gasteiger partial charge in [0.1, 0.15) is 12.7 Å². The predicted octanol–water partition coefficient (Wildman–Crippen LogP) is 0.252. The summed E-state index contributed by atoms with van der Waals surface area (Å²) in [5.41, 5.74) is 0. The zero-order chi connectivity index (χ0) is 13.7. The molecule has 1 unspecified atom stereocenters. The Balaban J connectivity index is 0. The minimum Gasteiger partial charge on any atom is -0.462 e. The fraction of sp³-hybridized carbons (Fsp3) is 0.818. The molecule has 0 saturated heterocycles. The second-order valence-corrected chi connectivity index (χ2v) is 3.14. The van der Waals surface area contributed by atoms with Crippen LogP contribution in [0.5, 0.6) is 0 Å². The third-order valence-corrected chi connectivity index (χ3v) is 1.49. The van der Waals surface area contributed by atoms with Gasteiger partial charge in [-0.15, -0.1) is 0 Å². The number of rotatable bonds is 6. The van der Waals surface area contributed by atoms with Crippen molar-refractivity contribution in [2.45, 2.75) is 39.7 Å². The standard InChI is InChI=1S/C9H16O4.C2H6O2/c1-4-8(10)12-6-7(3)13-9(11)5-2;3-1-2-4/h7H,4-6H2,1-3H3;3-4H,1-2H2. The number of esters is 2. The summed E-state index contributed by atoms with van der Waals surface area (Å²) in [7, 11) is 0. The lowest BCUT2D eigenvalue weighted by molar-refractivity contribution is -0.157. The molecule has 17 heavy (non-hydrogen) atoms. The van der Waals surface area contributed by atoms with Crippen molar-refractivity contribution in [3.63, 3.8) is 0 Å². The first-order valence-electron chi connectivity index (χ1n) is 5.58. The Kier molecular flexibility index (Phi) is 13.9. The van der Waals surface area contributed by atoms with Crippen LogP contribution >= 0.6 is 0 Å². The van der Waals surface area contributed by atoms with E-state index in [1.807, 2.05) is 0 Å². The minimum absolute atomic E-state index is 0.125. The van der Waals surface area contributed by atoms with E-state index in [1.165, 1.54) is 0 Å². The normalized spacial score (nSPS) is 10.9. The van der Waals surface area contributed by atoms with Gasteiger partial charge < -0.3 is 19.7 Å². The number of aliphatic hydroxyl groups excluding tert-OH is 2. The van der Waals surface area contributed by atoms with Crippen LogP contribution in [-0.2, 0) is 19.1 Å². The van der Waals surface area contributed by atoms with E-state index in [1.54, 1.807) is 20.8 Å². The minimum atomic E-state index is -0.358. The molecular weight excluding hydrogens is 228 g/mol. The van der Waals surface area contributed by atoms with Crippen LogP contribution in [-0.4, -0.2) is 48.1 Å². The van der Waals surface area contributed by atoms with E-state index in [4.69, 9.17) is 19.7 Å². The molecule has 0 spiro atoms.